The number of nitriles is 1. The Balaban J connectivity index is 2.66. The molecule has 0 aliphatic rings. The highest BCUT2D eigenvalue weighted by molar-refractivity contribution is 5.33. The minimum atomic E-state index is -0.257. The van der Waals surface area contributed by atoms with E-state index in [4.69, 9.17) is 5.26 Å². The van der Waals surface area contributed by atoms with Crippen LogP contribution in [0.5, 0.6) is 0 Å². The van der Waals surface area contributed by atoms with Gasteiger partial charge in [0.2, 0.25) is 0 Å². The number of benzene rings is 1. The summed E-state index contributed by atoms with van der Waals surface area (Å²) < 4.78 is 13.5. The van der Waals surface area contributed by atoms with Crippen molar-refractivity contribution in [3.8, 4) is 6.07 Å². The Morgan fingerprint density at radius 2 is 2.12 bits per heavy atom. The maximum atomic E-state index is 13.5. The van der Waals surface area contributed by atoms with Crippen molar-refractivity contribution in [2.24, 2.45) is 5.92 Å². The highest BCUT2D eigenvalue weighted by Crippen LogP contribution is 2.12. The fourth-order valence-electron chi connectivity index (χ4n) is 1.61. The van der Waals surface area contributed by atoms with Gasteiger partial charge in [-0.15, -0.1) is 0 Å². The Morgan fingerprint density at radius 1 is 1.41 bits per heavy atom. The molecule has 2 unspecified atom stereocenters. The van der Waals surface area contributed by atoms with Crippen LogP contribution in [0.1, 0.15) is 38.3 Å². The van der Waals surface area contributed by atoms with Crippen molar-refractivity contribution in [3.63, 3.8) is 0 Å². The van der Waals surface area contributed by atoms with Crippen molar-refractivity contribution in [3.05, 3.63) is 35.1 Å². The summed E-state index contributed by atoms with van der Waals surface area (Å²) in [5.41, 5.74) is 1.05. The minimum Gasteiger partial charge on any atom is -0.310 e. The van der Waals surface area contributed by atoms with Crippen LogP contribution in [-0.4, -0.2) is 6.04 Å². The maximum absolute atomic E-state index is 13.5. The zero-order valence-electron chi connectivity index (χ0n) is 10.6. The molecule has 0 radical (unpaired) electrons. The van der Waals surface area contributed by atoms with Gasteiger partial charge in [-0.1, -0.05) is 20.3 Å². The van der Waals surface area contributed by atoms with Crippen molar-refractivity contribution in [1.82, 2.24) is 5.32 Å². The second-order valence-corrected chi connectivity index (χ2v) is 4.47. The first kappa shape index (κ1) is 13.7. The Hall–Kier alpha value is -1.40. The van der Waals surface area contributed by atoms with Crippen LogP contribution in [-0.2, 0) is 6.54 Å². The molecule has 0 fully saturated rings. The molecule has 2 atom stereocenters. The van der Waals surface area contributed by atoms with E-state index in [0.717, 1.165) is 6.42 Å². The molecular weight excluding hydrogens is 215 g/mol. The lowest BCUT2D eigenvalue weighted by molar-refractivity contribution is 0.386. The third kappa shape index (κ3) is 3.83. The van der Waals surface area contributed by atoms with E-state index in [9.17, 15) is 4.39 Å². The molecule has 0 heterocycles. The average Bonchev–Trinajstić information content (AvgIpc) is 2.36. The molecule has 0 amide bonds. The van der Waals surface area contributed by atoms with Gasteiger partial charge in [0.15, 0.2) is 0 Å². The predicted octanol–water partition coefficient (Wildman–Crippen LogP) is 3.22. The molecule has 0 spiro atoms. The fraction of sp³-hybridized carbons (Fsp3) is 0.500. The number of nitrogens with one attached hydrogen (secondary N) is 1. The van der Waals surface area contributed by atoms with E-state index in [1.807, 2.05) is 6.07 Å². The van der Waals surface area contributed by atoms with Crippen molar-refractivity contribution >= 4 is 0 Å². The van der Waals surface area contributed by atoms with E-state index in [-0.39, 0.29) is 5.82 Å². The first-order valence-corrected chi connectivity index (χ1v) is 6.00. The molecule has 0 saturated heterocycles. The average molecular weight is 234 g/mol. The summed E-state index contributed by atoms with van der Waals surface area (Å²) in [5.74, 6) is 0.296. The Kier molecular flexibility index (Phi) is 5.11. The highest BCUT2D eigenvalue weighted by Gasteiger charge is 2.10. The molecule has 0 bridgehead atoms. The van der Waals surface area contributed by atoms with E-state index in [0.29, 0.717) is 29.6 Å². The maximum Gasteiger partial charge on any atom is 0.127 e. The second-order valence-electron chi connectivity index (χ2n) is 4.47. The van der Waals surface area contributed by atoms with Gasteiger partial charge < -0.3 is 5.32 Å². The van der Waals surface area contributed by atoms with Crippen LogP contribution < -0.4 is 5.32 Å². The molecule has 92 valence electrons. The quantitative estimate of drug-likeness (QED) is 0.849. The Labute approximate surface area is 102 Å². The Bertz CT molecular complexity index is 409. The number of hydrogen-bond donors (Lipinski definition) is 1. The predicted molar refractivity (Wildman–Crippen MR) is 66.9 cm³/mol. The zero-order valence-corrected chi connectivity index (χ0v) is 10.6. The zero-order chi connectivity index (χ0) is 12.8. The summed E-state index contributed by atoms with van der Waals surface area (Å²) in [6.45, 7) is 6.87. The summed E-state index contributed by atoms with van der Waals surface area (Å²) in [7, 11) is 0. The van der Waals surface area contributed by atoms with Gasteiger partial charge in [-0.05, 0) is 31.0 Å². The molecule has 1 rings (SSSR count). The smallest absolute Gasteiger partial charge is 0.127 e. The highest BCUT2D eigenvalue weighted by atomic mass is 19.1. The molecule has 2 nitrogen and oxygen atoms in total. The summed E-state index contributed by atoms with van der Waals surface area (Å²) >= 11 is 0. The molecule has 0 aliphatic heterocycles. The van der Waals surface area contributed by atoms with Gasteiger partial charge in [0.25, 0.3) is 0 Å². The third-order valence-electron chi connectivity index (χ3n) is 3.29. The number of nitrogens with zero attached hydrogens (tertiary/aromatic N) is 1. The lowest BCUT2D eigenvalue weighted by Crippen LogP contribution is -2.31. The largest absolute Gasteiger partial charge is 0.310 e. The number of rotatable bonds is 5. The van der Waals surface area contributed by atoms with E-state index in [1.54, 1.807) is 6.07 Å². The first-order chi connectivity index (χ1) is 8.08. The second kappa shape index (κ2) is 6.36. The molecule has 0 aromatic heterocycles. The summed E-state index contributed by atoms with van der Waals surface area (Å²) in [4.78, 5) is 0. The van der Waals surface area contributed by atoms with Crippen molar-refractivity contribution in [2.45, 2.75) is 39.8 Å². The van der Waals surface area contributed by atoms with E-state index in [2.05, 4.69) is 26.1 Å². The van der Waals surface area contributed by atoms with Gasteiger partial charge in [0.05, 0.1) is 11.6 Å². The van der Waals surface area contributed by atoms with Gasteiger partial charge in [-0.3, -0.25) is 0 Å². The molecular formula is C14H19FN2. The van der Waals surface area contributed by atoms with E-state index in [1.165, 1.54) is 12.1 Å². The van der Waals surface area contributed by atoms with Crippen LogP contribution in [0.25, 0.3) is 0 Å². The molecule has 0 aliphatic carbocycles. The standard InChI is InChI=1S/C14H19FN2/c1-4-10(2)11(3)17-9-13-7-12(8-16)5-6-14(13)15/h5-7,10-11,17H,4,9H2,1-3H3. The minimum absolute atomic E-state index is 0.257. The fourth-order valence-corrected chi connectivity index (χ4v) is 1.61. The Morgan fingerprint density at radius 3 is 2.71 bits per heavy atom. The van der Waals surface area contributed by atoms with Gasteiger partial charge >= 0.3 is 0 Å². The van der Waals surface area contributed by atoms with Gasteiger partial charge in [0.1, 0.15) is 5.82 Å². The van der Waals surface area contributed by atoms with Crippen LogP contribution in [0.2, 0.25) is 0 Å². The van der Waals surface area contributed by atoms with Gasteiger partial charge in [-0.2, -0.15) is 5.26 Å². The van der Waals surface area contributed by atoms with E-state index < -0.39 is 0 Å². The van der Waals surface area contributed by atoms with Crippen LogP contribution in [0.15, 0.2) is 18.2 Å². The van der Waals surface area contributed by atoms with Crippen molar-refractivity contribution < 1.29 is 4.39 Å². The van der Waals surface area contributed by atoms with Crippen LogP contribution >= 0.6 is 0 Å². The summed E-state index contributed by atoms with van der Waals surface area (Å²) in [6.07, 6.45) is 1.09. The molecule has 1 N–H and O–H groups in total. The molecule has 0 saturated carbocycles. The van der Waals surface area contributed by atoms with Crippen LogP contribution in [0, 0.1) is 23.1 Å². The summed E-state index contributed by atoms with van der Waals surface area (Å²) in [6, 6.07) is 6.81. The summed E-state index contributed by atoms with van der Waals surface area (Å²) in [5, 5.41) is 12.1. The lowest BCUT2D eigenvalue weighted by atomic mass is 10.0. The SMILES string of the molecule is CCC(C)C(C)NCc1cc(C#N)ccc1F. The van der Waals surface area contributed by atoms with E-state index >= 15 is 0 Å². The van der Waals surface area contributed by atoms with Gasteiger partial charge in [-0.25, -0.2) is 4.39 Å². The van der Waals surface area contributed by atoms with Crippen molar-refractivity contribution in [2.75, 3.05) is 0 Å². The first-order valence-electron chi connectivity index (χ1n) is 6.00. The molecule has 17 heavy (non-hydrogen) atoms. The monoisotopic (exact) mass is 234 g/mol. The number of halogens is 1. The lowest BCUT2D eigenvalue weighted by Gasteiger charge is -2.20. The molecule has 3 heteroatoms. The van der Waals surface area contributed by atoms with Gasteiger partial charge in [0, 0.05) is 18.2 Å². The molecule has 1 aromatic rings. The topological polar surface area (TPSA) is 35.8 Å². The van der Waals surface area contributed by atoms with Crippen LogP contribution in [0.3, 0.4) is 0 Å². The van der Waals surface area contributed by atoms with Crippen molar-refractivity contribution in [1.29, 1.82) is 5.26 Å². The molecule has 1 aromatic carbocycles. The number of hydrogen-bond acceptors (Lipinski definition) is 2. The van der Waals surface area contributed by atoms with Crippen LogP contribution in [0.4, 0.5) is 4.39 Å². The normalized spacial score (nSPS) is 14.1. The third-order valence-corrected chi connectivity index (χ3v) is 3.29.